The molecule has 104 valence electrons. The van der Waals surface area contributed by atoms with Crippen LogP contribution in [0.5, 0.6) is 5.75 Å². The molecule has 0 saturated carbocycles. The Kier molecular flexibility index (Phi) is 4.66. The molecular weight excluding hydrogens is 278 g/mol. The number of aromatic nitrogens is 1. The monoisotopic (exact) mass is 297 g/mol. The van der Waals surface area contributed by atoms with Crippen LogP contribution in [0.15, 0.2) is 17.5 Å². The fraction of sp³-hybridized carbons (Fsp3) is 0.462. The molecule has 2 aromatic rings. The average molecular weight is 297 g/mol. The van der Waals surface area contributed by atoms with E-state index in [4.69, 9.17) is 10.5 Å². The lowest BCUT2D eigenvalue weighted by molar-refractivity contribution is 0.245. The fourth-order valence-corrected chi connectivity index (χ4v) is 3.28. The molecule has 0 aliphatic heterocycles. The first-order valence-corrected chi connectivity index (χ1v) is 7.96. The van der Waals surface area contributed by atoms with Gasteiger partial charge >= 0.3 is 0 Å². The number of hydrogen-bond donors (Lipinski definition) is 1. The first-order valence-electron chi connectivity index (χ1n) is 6.31. The van der Waals surface area contributed by atoms with Crippen molar-refractivity contribution in [2.45, 2.75) is 33.4 Å². The molecule has 0 unspecified atom stereocenters. The Balaban J connectivity index is 2.22. The maximum absolute atomic E-state index is 5.91. The zero-order valence-electron chi connectivity index (χ0n) is 11.4. The molecule has 6 heteroatoms. The van der Waals surface area contributed by atoms with Crippen molar-refractivity contribution in [2.24, 2.45) is 0 Å². The van der Waals surface area contributed by atoms with E-state index in [-0.39, 0.29) is 6.10 Å². The van der Waals surface area contributed by atoms with Crippen LogP contribution in [-0.2, 0) is 6.54 Å². The fourth-order valence-electron chi connectivity index (χ4n) is 1.75. The second kappa shape index (κ2) is 6.25. The lowest BCUT2D eigenvalue weighted by atomic mass is 10.4. The van der Waals surface area contributed by atoms with Crippen molar-refractivity contribution in [2.75, 3.05) is 17.2 Å². The van der Waals surface area contributed by atoms with Crippen LogP contribution in [0.1, 0.15) is 25.6 Å². The lowest BCUT2D eigenvalue weighted by Gasteiger charge is -2.22. The van der Waals surface area contributed by atoms with Crippen molar-refractivity contribution in [1.29, 1.82) is 0 Å². The van der Waals surface area contributed by atoms with Crippen molar-refractivity contribution >= 4 is 33.7 Å². The highest BCUT2D eigenvalue weighted by atomic mass is 32.1. The second-order valence-electron chi connectivity index (χ2n) is 4.46. The Bertz CT molecular complexity index is 508. The minimum Gasteiger partial charge on any atom is -0.484 e. The summed E-state index contributed by atoms with van der Waals surface area (Å²) >= 11 is 3.16. The number of ether oxygens (including phenoxy) is 1. The number of anilines is 2. The smallest absolute Gasteiger partial charge is 0.198 e. The maximum Gasteiger partial charge on any atom is 0.198 e. The molecule has 2 rings (SSSR count). The van der Waals surface area contributed by atoms with Gasteiger partial charge in [0.25, 0.3) is 0 Å². The van der Waals surface area contributed by atoms with Gasteiger partial charge < -0.3 is 15.4 Å². The standard InChI is InChI=1S/C13H19N3OS2/c1-4-16(8-10-6-5-7-18-10)13-11(17-9(2)3)12(14)15-19-13/h5-7,9H,4,8H2,1-3H3,(H2,14,15). The molecular formula is C13H19N3OS2. The van der Waals surface area contributed by atoms with E-state index in [1.54, 1.807) is 11.3 Å². The Morgan fingerprint density at radius 1 is 1.47 bits per heavy atom. The molecule has 0 aromatic carbocycles. The van der Waals surface area contributed by atoms with E-state index in [9.17, 15) is 0 Å². The number of nitrogen functional groups attached to an aromatic ring is 1. The van der Waals surface area contributed by atoms with Crippen LogP contribution in [0.25, 0.3) is 0 Å². The van der Waals surface area contributed by atoms with E-state index in [2.05, 4.69) is 33.7 Å². The molecule has 0 aliphatic rings. The third-order valence-corrected chi connectivity index (χ3v) is 4.37. The summed E-state index contributed by atoms with van der Waals surface area (Å²) in [5.41, 5.74) is 5.91. The van der Waals surface area contributed by atoms with Gasteiger partial charge in [0.15, 0.2) is 16.6 Å². The van der Waals surface area contributed by atoms with Crippen LogP contribution in [0, 0.1) is 0 Å². The topological polar surface area (TPSA) is 51.4 Å². The number of thiophene rings is 1. The minimum absolute atomic E-state index is 0.0953. The zero-order valence-corrected chi connectivity index (χ0v) is 13.1. The molecule has 0 radical (unpaired) electrons. The van der Waals surface area contributed by atoms with E-state index >= 15 is 0 Å². The summed E-state index contributed by atoms with van der Waals surface area (Å²) in [5, 5.41) is 3.11. The van der Waals surface area contributed by atoms with Gasteiger partial charge in [-0.05, 0) is 43.8 Å². The quantitative estimate of drug-likeness (QED) is 0.885. The van der Waals surface area contributed by atoms with Gasteiger partial charge in [0.1, 0.15) is 0 Å². The van der Waals surface area contributed by atoms with Crippen molar-refractivity contribution < 1.29 is 4.74 Å². The van der Waals surface area contributed by atoms with Crippen LogP contribution in [0.3, 0.4) is 0 Å². The summed E-state index contributed by atoms with van der Waals surface area (Å²) in [7, 11) is 0. The number of nitrogens with two attached hydrogens (primary N) is 1. The summed E-state index contributed by atoms with van der Waals surface area (Å²) in [4.78, 5) is 3.57. The molecule has 4 nitrogen and oxygen atoms in total. The molecule has 2 aromatic heterocycles. The van der Waals surface area contributed by atoms with Crippen molar-refractivity contribution in [3.8, 4) is 5.75 Å². The Hall–Kier alpha value is -1.27. The highest BCUT2D eigenvalue weighted by molar-refractivity contribution is 7.11. The second-order valence-corrected chi connectivity index (χ2v) is 6.25. The predicted molar refractivity (Wildman–Crippen MR) is 83.3 cm³/mol. The van der Waals surface area contributed by atoms with Crippen LogP contribution >= 0.6 is 22.9 Å². The first kappa shape index (κ1) is 14.1. The van der Waals surface area contributed by atoms with Gasteiger partial charge in [-0.1, -0.05) is 6.07 Å². The van der Waals surface area contributed by atoms with Gasteiger partial charge in [-0.3, -0.25) is 0 Å². The van der Waals surface area contributed by atoms with Crippen LogP contribution < -0.4 is 15.4 Å². The summed E-state index contributed by atoms with van der Waals surface area (Å²) in [6.07, 6.45) is 0.0953. The molecule has 0 aliphatic carbocycles. The molecule has 0 bridgehead atoms. The summed E-state index contributed by atoms with van der Waals surface area (Å²) in [6, 6.07) is 4.21. The van der Waals surface area contributed by atoms with E-state index in [1.807, 2.05) is 13.8 Å². The normalized spacial score (nSPS) is 10.9. The molecule has 0 amide bonds. The van der Waals surface area contributed by atoms with Gasteiger partial charge in [-0.15, -0.1) is 11.3 Å². The van der Waals surface area contributed by atoms with Gasteiger partial charge in [-0.2, -0.15) is 4.37 Å². The summed E-state index contributed by atoms with van der Waals surface area (Å²) in [6.45, 7) is 7.88. The number of hydrogen-bond acceptors (Lipinski definition) is 6. The summed E-state index contributed by atoms with van der Waals surface area (Å²) in [5.74, 6) is 1.21. The van der Waals surface area contributed by atoms with Crippen molar-refractivity contribution in [1.82, 2.24) is 4.37 Å². The molecule has 0 saturated heterocycles. The van der Waals surface area contributed by atoms with Crippen LogP contribution in [0.4, 0.5) is 10.8 Å². The van der Waals surface area contributed by atoms with E-state index in [0.29, 0.717) is 5.82 Å². The van der Waals surface area contributed by atoms with Gasteiger partial charge in [0.2, 0.25) is 0 Å². The Morgan fingerprint density at radius 2 is 2.26 bits per heavy atom. The van der Waals surface area contributed by atoms with Gasteiger partial charge in [0, 0.05) is 11.4 Å². The van der Waals surface area contributed by atoms with Crippen LogP contribution in [0.2, 0.25) is 0 Å². The van der Waals surface area contributed by atoms with Crippen molar-refractivity contribution in [3.63, 3.8) is 0 Å². The zero-order chi connectivity index (χ0) is 13.8. The molecule has 0 spiro atoms. The molecule has 2 heterocycles. The molecule has 2 N–H and O–H groups in total. The number of rotatable bonds is 6. The SMILES string of the molecule is CCN(Cc1cccs1)c1snc(N)c1OC(C)C. The van der Waals surface area contributed by atoms with Gasteiger partial charge in [-0.25, -0.2) is 0 Å². The molecule has 19 heavy (non-hydrogen) atoms. The minimum atomic E-state index is 0.0953. The number of nitrogens with zero attached hydrogens (tertiary/aromatic N) is 2. The van der Waals surface area contributed by atoms with E-state index in [1.165, 1.54) is 16.4 Å². The van der Waals surface area contributed by atoms with E-state index < -0.39 is 0 Å². The lowest BCUT2D eigenvalue weighted by Crippen LogP contribution is -2.21. The highest BCUT2D eigenvalue weighted by Gasteiger charge is 2.19. The average Bonchev–Trinajstić information content (AvgIpc) is 2.98. The van der Waals surface area contributed by atoms with Crippen molar-refractivity contribution in [3.05, 3.63) is 22.4 Å². The third-order valence-electron chi connectivity index (χ3n) is 2.61. The Morgan fingerprint density at radius 3 is 2.84 bits per heavy atom. The first-order chi connectivity index (χ1) is 9.11. The highest BCUT2D eigenvalue weighted by Crippen LogP contribution is 2.39. The Labute approximate surface area is 122 Å². The maximum atomic E-state index is 5.91. The summed E-state index contributed by atoms with van der Waals surface area (Å²) < 4.78 is 10.0. The largest absolute Gasteiger partial charge is 0.484 e. The predicted octanol–water partition coefficient (Wildman–Crippen LogP) is 3.60. The van der Waals surface area contributed by atoms with Crippen LogP contribution in [-0.4, -0.2) is 17.0 Å². The molecule has 0 fully saturated rings. The molecule has 0 atom stereocenters. The van der Waals surface area contributed by atoms with Gasteiger partial charge in [0.05, 0.1) is 12.6 Å². The third kappa shape index (κ3) is 3.39. The van der Waals surface area contributed by atoms with E-state index in [0.717, 1.165) is 23.8 Å².